The number of carbonyl (C=O) groups is 1. The van der Waals surface area contributed by atoms with E-state index in [4.69, 9.17) is 9.47 Å². The smallest absolute Gasteiger partial charge is 0.233 e. The van der Waals surface area contributed by atoms with E-state index in [1.165, 1.54) is 0 Å². The molecule has 0 atom stereocenters. The van der Waals surface area contributed by atoms with E-state index >= 15 is 0 Å². The van der Waals surface area contributed by atoms with Gasteiger partial charge in [-0.3, -0.25) is 4.79 Å². The fourth-order valence-corrected chi connectivity index (χ4v) is 1.82. The molecule has 0 heterocycles. The maximum Gasteiger partial charge on any atom is 0.233 e. The van der Waals surface area contributed by atoms with Gasteiger partial charge in [0, 0.05) is 6.54 Å². The molecule has 0 unspecified atom stereocenters. The molecule has 0 aliphatic carbocycles. The molecule has 1 rings (SSSR count). The third kappa shape index (κ3) is 7.20. The summed E-state index contributed by atoms with van der Waals surface area (Å²) in [5, 5.41) is 5.66. The van der Waals surface area contributed by atoms with Gasteiger partial charge in [-0.2, -0.15) is 0 Å². The van der Waals surface area contributed by atoms with Crippen molar-refractivity contribution in [2.24, 2.45) is 0 Å². The number of hydrogen-bond donors (Lipinski definition) is 2. The molecule has 1 amide bonds. The van der Waals surface area contributed by atoms with Crippen LogP contribution in [0.1, 0.15) is 19.4 Å². The maximum atomic E-state index is 11.3. The van der Waals surface area contributed by atoms with Crippen molar-refractivity contribution >= 4 is 18.3 Å². The van der Waals surface area contributed by atoms with E-state index in [0.717, 1.165) is 23.5 Å². The zero-order valence-electron chi connectivity index (χ0n) is 12.9. The topological polar surface area (TPSA) is 59.6 Å². The van der Waals surface area contributed by atoms with E-state index in [-0.39, 0.29) is 18.3 Å². The highest BCUT2D eigenvalue weighted by molar-refractivity contribution is 5.85. The Morgan fingerprint density at radius 1 is 1.14 bits per heavy atom. The number of hydrogen-bond acceptors (Lipinski definition) is 4. The molecule has 21 heavy (non-hydrogen) atoms. The minimum absolute atomic E-state index is 0. The number of benzene rings is 1. The lowest BCUT2D eigenvalue weighted by molar-refractivity contribution is -0.120. The lowest BCUT2D eigenvalue weighted by Gasteiger charge is -2.12. The second kappa shape index (κ2) is 11.2. The highest BCUT2D eigenvalue weighted by Crippen LogP contribution is 2.28. The zero-order chi connectivity index (χ0) is 14.8. The second-order valence-electron chi connectivity index (χ2n) is 4.28. The van der Waals surface area contributed by atoms with Crippen LogP contribution in [-0.2, 0) is 11.2 Å². The number of carbonyl (C=O) groups excluding carboxylic acids is 1. The third-order valence-corrected chi connectivity index (χ3v) is 2.68. The molecule has 0 aliphatic heterocycles. The summed E-state index contributed by atoms with van der Waals surface area (Å²) in [6.45, 7) is 6.05. The summed E-state index contributed by atoms with van der Waals surface area (Å²) < 4.78 is 11.1. The minimum Gasteiger partial charge on any atom is -0.490 e. The Hall–Kier alpha value is -1.46. The number of ether oxygens (including phenoxy) is 2. The summed E-state index contributed by atoms with van der Waals surface area (Å²) in [5.41, 5.74) is 1.11. The Balaban J connectivity index is 0.00000400. The minimum atomic E-state index is 0. The van der Waals surface area contributed by atoms with Crippen LogP contribution in [0.5, 0.6) is 11.5 Å². The van der Waals surface area contributed by atoms with Crippen LogP contribution in [0, 0.1) is 0 Å². The first-order valence-electron chi connectivity index (χ1n) is 7.01. The van der Waals surface area contributed by atoms with Gasteiger partial charge >= 0.3 is 0 Å². The molecule has 0 saturated heterocycles. The van der Waals surface area contributed by atoms with Crippen LogP contribution in [-0.4, -0.2) is 39.3 Å². The molecule has 5 nitrogen and oxygen atoms in total. The summed E-state index contributed by atoms with van der Waals surface area (Å²) >= 11 is 0. The maximum absolute atomic E-state index is 11.3. The van der Waals surface area contributed by atoms with Gasteiger partial charge in [-0.25, -0.2) is 0 Å². The fraction of sp³-hybridized carbons (Fsp3) is 0.533. The van der Waals surface area contributed by atoms with E-state index in [9.17, 15) is 4.79 Å². The van der Waals surface area contributed by atoms with Crippen LogP contribution in [0.25, 0.3) is 0 Å². The van der Waals surface area contributed by atoms with Gasteiger partial charge in [-0.05, 0) is 45.0 Å². The molecule has 0 aromatic heterocycles. The third-order valence-electron chi connectivity index (χ3n) is 2.68. The molecule has 120 valence electrons. The Morgan fingerprint density at radius 2 is 1.81 bits per heavy atom. The lowest BCUT2D eigenvalue weighted by atomic mass is 10.1. The molecule has 0 radical (unpaired) electrons. The van der Waals surface area contributed by atoms with Crippen LogP contribution in [0.2, 0.25) is 0 Å². The lowest BCUT2D eigenvalue weighted by Crippen LogP contribution is -2.33. The van der Waals surface area contributed by atoms with E-state index in [1.54, 1.807) is 7.05 Å². The Kier molecular flexibility index (Phi) is 10.4. The van der Waals surface area contributed by atoms with Crippen molar-refractivity contribution < 1.29 is 14.3 Å². The van der Waals surface area contributed by atoms with Crippen LogP contribution in [0.15, 0.2) is 18.2 Å². The van der Waals surface area contributed by atoms with Gasteiger partial charge in [0.15, 0.2) is 11.5 Å². The van der Waals surface area contributed by atoms with Crippen molar-refractivity contribution in [3.8, 4) is 11.5 Å². The van der Waals surface area contributed by atoms with Crippen molar-refractivity contribution in [2.75, 3.05) is 33.4 Å². The molecule has 1 aromatic rings. The van der Waals surface area contributed by atoms with Gasteiger partial charge in [-0.1, -0.05) is 6.07 Å². The van der Waals surface area contributed by atoms with Crippen molar-refractivity contribution in [1.82, 2.24) is 10.6 Å². The van der Waals surface area contributed by atoms with Gasteiger partial charge in [0.05, 0.1) is 19.8 Å². The summed E-state index contributed by atoms with van der Waals surface area (Å²) in [4.78, 5) is 11.3. The largest absolute Gasteiger partial charge is 0.490 e. The summed E-state index contributed by atoms with van der Waals surface area (Å²) in [6.07, 6.45) is 0.766. The summed E-state index contributed by atoms with van der Waals surface area (Å²) in [6, 6.07) is 5.88. The molecule has 0 saturated carbocycles. The highest BCUT2D eigenvalue weighted by Gasteiger charge is 2.06. The number of nitrogens with one attached hydrogen (secondary N) is 2. The Morgan fingerprint density at radius 3 is 2.43 bits per heavy atom. The van der Waals surface area contributed by atoms with Crippen LogP contribution in [0.3, 0.4) is 0 Å². The normalized spacial score (nSPS) is 9.67. The molecule has 0 spiro atoms. The van der Waals surface area contributed by atoms with Gasteiger partial charge in [0.2, 0.25) is 5.91 Å². The first kappa shape index (κ1) is 19.5. The molecule has 0 fully saturated rings. The fourth-order valence-electron chi connectivity index (χ4n) is 1.82. The van der Waals surface area contributed by atoms with Crippen molar-refractivity contribution in [2.45, 2.75) is 20.3 Å². The zero-order valence-corrected chi connectivity index (χ0v) is 13.7. The number of amides is 1. The first-order chi connectivity index (χ1) is 9.71. The molecule has 1 aromatic carbocycles. The monoisotopic (exact) mass is 316 g/mol. The van der Waals surface area contributed by atoms with E-state index in [2.05, 4.69) is 10.6 Å². The van der Waals surface area contributed by atoms with Crippen LogP contribution in [0.4, 0.5) is 0 Å². The molecule has 6 heteroatoms. The SMILES string of the molecule is CCOc1ccc(CCNC(=O)CNC)cc1OCC.Cl. The van der Waals surface area contributed by atoms with Crippen LogP contribution < -0.4 is 20.1 Å². The average Bonchev–Trinajstić information content (AvgIpc) is 2.42. The number of halogens is 1. The van der Waals surface area contributed by atoms with Crippen molar-refractivity contribution in [1.29, 1.82) is 0 Å². The van der Waals surface area contributed by atoms with Crippen molar-refractivity contribution in [3.05, 3.63) is 23.8 Å². The molecule has 0 bridgehead atoms. The molecular weight excluding hydrogens is 292 g/mol. The van der Waals surface area contributed by atoms with Crippen LogP contribution >= 0.6 is 12.4 Å². The molecule has 2 N–H and O–H groups in total. The quantitative estimate of drug-likeness (QED) is 0.729. The van der Waals surface area contributed by atoms with Gasteiger partial charge < -0.3 is 20.1 Å². The highest BCUT2D eigenvalue weighted by atomic mass is 35.5. The predicted molar refractivity (Wildman–Crippen MR) is 86.7 cm³/mol. The molecule has 0 aliphatic rings. The Labute approximate surface area is 132 Å². The van der Waals surface area contributed by atoms with Gasteiger partial charge in [0.25, 0.3) is 0 Å². The summed E-state index contributed by atoms with van der Waals surface area (Å²) in [5.74, 6) is 1.52. The van der Waals surface area contributed by atoms with Gasteiger partial charge in [-0.15, -0.1) is 12.4 Å². The number of likely N-dealkylation sites (N-methyl/N-ethyl adjacent to an activating group) is 1. The van der Waals surface area contributed by atoms with E-state index < -0.39 is 0 Å². The van der Waals surface area contributed by atoms with Crippen molar-refractivity contribution in [3.63, 3.8) is 0 Å². The first-order valence-corrected chi connectivity index (χ1v) is 7.01. The van der Waals surface area contributed by atoms with E-state index in [0.29, 0.717) is 26.3 Å². The second-order valence-corrected chi connectivity index (χ2v) is 4.28. The summed E-state index contributed by atoms with van der Waals surface area (Å²) in [7, 11) is 1.75. The number of rotatable bonds is 9. The average molecular weight is 317 g/mol. The van der Waals surface area contributed by atoms with E-state index in [1.807, 2.05) is 32.0 Å². The predicted octanol–water partition coefficient (Wildman–Crippen LogP) is 1.78. The molecular formula is C15H25ClN2O3. The Bertz CT molecular complexity index is 427. The van der Waals surface area contributed by atoms with Gasteiger partial charge in [0.1, 0.15) is 0 Å². The standard InChI is InChI=1S/C15H24N2O3.ClH/c1-4-19-13-7-6-12(10-14(13)20-5-2)8-9-17-15(18)11-16-3;/h6-7,10,16H,4-5,8-9,11H2,1-3H3,(H,17,18);1H.